The Labute approximate surface area is 155 Å². The predicted octanol–water partition coefficient (Wildman–Crippen LogP) is 4.94. The number of hydrogen-bond donors (Lipinski definition) is 1. The Morgan fingerprint density at radius 2 is 1.26 bits per heavy atom. The summed E-state index contributed by atoms with van der Waals surface area (Å²) in [5, 5.41) is 21.5. The van der Waals surface area contributed by atoms with Crippen LogP contribution in [0.15, 0.2) is 84.9 Å². The van der Waals surface area contributed by atoms with Crippen molar-refractivity contribution in [2.24, 2.45) is 0 Å². The van der Waals surface area contributed by atoms with E-state index in [1.165, 1.54) is 24.3 Å². The first-order valence-corrected chi connectivity index (χ1v) is 9.60. The number of aliphatic hydroxyl groups excluding tert-OH is 1. The van der Waals surface area contributed by atoms with Gasteiger partial charge >= 0.3 is 7.60 Å². The molecule has 0 saturated carbocycles. The summed E-state index contributed by atoms with van der Waals surface area (Å²) in [6, 6.07) is 21.7. The Balaban J connectivity index is 1.94. The van der Waals surface area contributed by atoms with Gasteiger partial charge in [0.2, 0.25) is 5.85 Å². The molecule has 7 nitrogen and oxygen atoms in total. The molecule has 0 heterocycles. The van der Waals surface area contributed by atoms with Gasteiger partial charge in [-0.25, -0.2) is 4.57 Å². The summed E-state index contributed by atoms with van der Waals surface area (Å²) in [6.45, 7) is 0. The van der Waals surface area contributed by atoms with Crippen molar-refractivity contribution in [3.05, 3.63) is 101 Å². The number of rotatable bonds is 7. The van der Waals surface area contributed by atoms with Crippen molar-refractivity contribution in [1.82, 2.24) is 0 Å². The summed E-state index contributed by atoms with van der Waals surface area (Å²) in [7, 11) is -4.13. The van der Waals surface area contributed by atoms with E-state index >= 15 is 0 Å². The number of hydrogen-bond acceptors (Lipinski definition) is 6. The van der Waals surface area contributed by atoms with Crippen LogP contribution in [0.4, 0.5) is 5.69 Å². The molecule has 1 N–H and O–H groups in total. The highest BCUT2D eigenvalue weighted by Crippen LogP contribution is 2.58. The van der Waals surface area contributed by atoms with Gasteiger partial charge in [-0.15, -0.1) is 0 Å². The van der Waals surface area contributed by atoms with Gasteiger partial charge in [0.1, 0.15) is 11.5 Å². The van der Waals surface area contributed by atoms with Crippen LogP contribution in [0.2, 0.25) is 0 Å². The Hall–Kier alpha value is -3.15. The topological polar surface area (TPSA) is 98.9 Å². The molecule has 3 rings (SSSR count). The molecule has 0 radical (unpaired) electrons. The van der Waals surface area contributed by atoms with Gasteiger partial charge in [-0.3, -0.25) is 10.1 Å². The first kappa shape index (κ1) is 18.6. The molecule has 3 aromatic rings. The second-order valence-electron chi connectivity index (χ2n) is 5.57. The lowest BCUT2D eigenvalue weighted by Gasteiger charge is -2.24. The Morgan fingerprint density at radius 1 is 0.815 bits per heavy atom. The van der Waals surface area contributed by atoms with E-state index in [1.54, 1.807) is 60.7 Å². The van der Waals surface area contributed by atoms with Gasteiger partial charge in [0, 0.05) is 12.1 Å². The third-order valence-electron chi connectivity index (χ3n) is 3.65. The molecule has 0 amide bonds. The zero-order chi connectivity index (χ0) is 19.3. The number of benzene rings is 3. The molecule has 3 aromatic carbocycles. The van der Waals surface area contributed by atoms with E-state index in [1.807, 2.05) is 0 Å². The van der Waals surface area contributed by atoms with Crippen LogP contribution in [0.3, 0.4) is 0 Å². The minimum absolute atomic E-state index is 0.145. The van der Waals surface area contributed by atoms with Crippen molar-refractivity contribution in [3.63, 3.8) is 0 Å². The quantitative estimate of drug-likeness (QED) is 0.351. The van der Waals surface area contributed by atoms with E-state index in [2.05, 4.69) is 0 Å². The number of aliphatic hydroxyl groups is 1. The lowest BCUT2D eigenvalue weighted by atomic mass is 10.2. The molecule has 27 heavy (non-hydrogen) atoms. The molecule has 0 unspecified atom stereocenters. The van der Waals surface area contributed by atoms with Gasteiger partial charge in [0.05, 0.1) is 4.92 Å². The van der Waals surface area contributed by atoms with E-state index < -0.39 is 18.4 Å². The molecule has 0 spiro atoms. The normalized spacial score (nSPS) is 12.2. The lowest BCUT2D eigenvalue weighted by molar-refractivity contribution is -0.384. The highest BCUT2D eigenvalue weighted by molar-refractivity contribution is 7.54. The van der Waals surface area contributed by atoms with Gasteiger partial charge in [-0.1, -0.05) is 36.4 Å². The third kappa shape index (κ3) is 4.53. The van der Waals surface area contributed by atoms with Gasteiger partial charge < -0.3 is 14.2 Å². The van der Waals surface area contributed by atoms with Crippen molar-refractivity contribution in [1.29, 1.82) is 0 Å². The predicted molar refractivity (Wildman–Crippen MR) is 99.8 cm³/mol. The summed E-state index contributed by atoms with van der Waals surface area (Å²) in [5.74, 6) is -1.12. The Kier molecular flexibility index (Phi) is 5.54. The Bertz CT molecular complexity index is 901. The molecule has 0 aliphatic heterocycles. The first-order valence-electron chi connectivity index (χ1n) is 7.99. The SMILES string of the molecule is O=[N+]([O-])c1ccc([C@H](O)P(=O)(Oc2ccccc2)Oc2ccccc2)cc1. The Morgan fingerprint density at radius 3 is 1.67 bits per heavy atom. The maximum absolute atomic E-state index is 13.4. The first-order chi connectivity index (χ1) is 13.0. The fraction of sp³-hybridized carbons (Fsp3) is 0.0526. The van der Waals surface area contributed by atoms with Gasteiger partial charge in [0.15, 0.2) is 0 Å². The summed E-state index contributed by atoms with van der Waals surface area (Å²) in [6.07, 6.45) is 0. The standard InChI is InChI=1S/C19H16NO6P/c21-19(15-11-13-16(14-12-15)20(22)23)27(24,25-17-7-3-1-4-8-17)26-18-9-5-2-6-10-18/h1-14,19,21H/t19-/m1/s1. The molecule has 0 saturated heterocycles. The average molecular weight is 385 g/mol. The molecule has 0 bridgehead atoms. The number of para-hydroxylation sites is 2. The smallest absolute Gasteiger partial charge is 0.414 e. The van der Waals surface area contributed by atoms with Crippen LogP contribution in [0, 0.1) is 10.1 Å². The molecule has 1 atom stereocenters. The fourth-order valence-electron chi connectivity index (χ4n) is 2.33. The van der Waals surface area contributed by atoms with Gasteiger partial charge in [0.25, 0.3) is 5.69 Å². The van der Waals surface area contributed by atoms with Crippen LogP contribution in [0.25, 0.3) is 0 Å². The van der Waals surface area contributed by atoms with Crippen LogP contribution < -0.4 is 9.05 Å². The minimum Gasteiger partial charge on any atom is -0.414 e. The van der Waals surface area contributed by atoms with Crippen molar-refractivity contribution < 1.29 is 23.6 Å². The van der Waals surface area contributed by atoms with Crippen LogP contribution in [-0.4, -0.2) is 10.0 Å². The molecule has 0 aliphatic rings. The maximum atomic E-state index is 13.4. The summed E-state index contributed by atoms with van der Waals surface area (Å²) in [5.41, 5.74) is 0.0320. The van der Waals surface area contributed by atoms with E-state index in [0.717, 1.165) is 0 Å². The minimum atomic E-state index is -4.13. The fourth-order valence-corrected chi connectivity index (χ4v) is 3.93. The zero-order valence-corrected chi connectivity index (χ0v) is 14.9. The molecule has 0 fully saturated rings. The largest absolute Gasteiger partial charge is 0.463 e. The molecule has 8 heteroatoms. The average Bonchev–Trinajstić information content (AvgIpc) is 2.69. The number of nitrogens with zero attached hydrogens (tertiary/aromatic N) is 1. The van der Waals surface area contributed by atoms with Crippen molar-refractivity contribution in [3.8, 4) is 11.5 Å². The number of nitro benzene ring substituents is 1. The summed E-state index contributed by atoms with van der Waals surface area (Å²) in [4.78, 5) is 10.2. The van der Waals surface area contributed by atoms with E-state index in [-0.39, 0.29) is 22.7 Å². The molecule has 138 valence electrons. The summed E-state index contributed by atoms with van der Waals surface area (Å²) < 4.78 is 24.5. The zero-order valence-electron chi connectivity index (χ0n) is 14.0. The van der Waals surface area contributed by atoms with Crippen molar-refractivity contribution in [2.75, 3.05) is 0 Å². The van der Waals surface area contributed by atoms with Gasteiger partial charge in [-0.05, 0) is 42.0 Å². The van der Waals surface area contributed by atoms with Gasteiger partial charge in [-0.2, -0.15) is 0 Å². The van der Waals surface area contributed by atoms with E-state index in [4.69, 9.17) is 9.05 Å². The second kappa shape index (κ2) is 8.03. The lowest BCUT2D eigenvalue weighted by Crippen LogP contribution is -2.10. The third-order valence-corrected chi connectivity index (χ3v) is 5.48. The summed E-state index contributed by atoms with van der Waals surface area (Å²) >= 11 is 0. The van der Waals surface area contributed by atoms with Crippen molar-refractivity contribution >= 4 is 13.3 Å². The second-order valence-corrected chi connectivity index (χ2v) is 7.50. The number of nitro groups is 1. The maximum Gasteiger partial charge on any atom is 0.463 e. The monoisotopic (exact) mass is 385 g/mol. The van der Waals surface area contributed by atoms with Crippen LogP contribution in [0.5, 0.6) is 11.5 Å². The highest BCUT2D eigenvalue weighted by atomic mass is 31.2. The van der Waals surface area contributed by atoms with E-state index in [0.29, 0.717) is 0 Å². The molecule has 0 aromatic heterocycles. The molecular weight excluding hydrogens is 369 g/mol. The van der Waals surface area contributed by atoms with Crippen LogP contribution >= 0.6 is 7.60 Å². The van der Waals surface area contributed by atoms with Crippen molar-refractivity contribution in [2.45, 2.75) is 5.85 Å². The van der Waals surface area contributed by atoms with E-state index in [9.17, 15) is 19.8 Å². The molecular formula is C19H16NO6P. The van der Waals surface area contributed by atoms with Crippen LogP contribution in [-0.2, 0) is 4.57 Å². The van der Waals surface area contributed by atoms with Crippen LogP contribution in [0.1, 0.15) is 11.4 Å². The highest BCUT2D eigenvalue weighted by Gasteiger charge is 2.39. The molecule has 0 aliphatic carbocycles. The number of non-ortho nitro benzene ring substituents is 1.